The van der Waals surface area contributed by atoms with E-state index < -0.39 is 0 Å². The van der Waals surface area contributed by atoms with E-state index in [4.69, 9.17) is 4.74 Å². The minimum absolute atomic E-state index is 0. The summed E-state index contributed by atoms with van der Waals surface area (Å²) in [5, 5.41) is 0. The molecule has 0 aromatic heterocycles. The van der Waals surface area contributed by atoms with Crippen LogP contribution in [0.4, 0.5) is 0 Å². The fraction of sp³-hybridized carbons (Fsp3) is 0.222. The molecule has 0 unspecified atom stereocenters. The minimum Gasteiger partial charge on any atom is -0.427 e. The number of esters is 1. The molecular weight excluding hydrogens is 273 g/mol. The van der Waals surface area contributed by atoms with Crippen LogP contribution in [0.1, 0.15) is 13.3 Å². The van der Waals surface area contributed by atoms with Crippen molar-refractivity contribution in [3.05, 3.63) is 30.3 Å². The number of hydrogen-bond acceptors (Lipinski definition) is 2. The SMILES string of the molecule is CCC(=O)Oc1ccccc1.[Cs]. The van der Waals surface area contributed by atoms with Crippen LogP contribution in [0.3, 0.4) is 0 Å². The first-order valence-electron chi connectivity index (χ1n) is 3.58. The molecule has 0 saturated heterocycles. The summed E-state index contributed by atoms with van der Waals surface area (Å²) in [5.74, 6) is 0.413. The molecule has 0 atom stereocenters. The second kappa shape index (κ2) is 7.17. The molecule has 0 N–H and O–H groups in total. The van der Waals surface area contributed by atoms with E-state index in [-0.39, 0.29) is 74.9 Å². The third-order valence-corrected chi connectivity index (χ3v) is 1.26. The number of carbonyl (C=O) groups is 1. The molecule has 0 heterocycles. The first kappa shape index (κ1) is 12.7. The van der Waals surface area contributed by atoms with Crippen LogP contribution >= 0.6 is 0 Å². The van der Waals surface area contributed by atoms with Crippen LogP contribution in [-0.2, 0) is 4.79 Å². The third kappa shape index (κ3) is 4.69. The fourth-order valence-corrected chi connectivity index (χ4v) is 0.692. The van der Waals surface area contributed by atoms with Crippen molar-refractivity contribution in [3.63, 3.8) is 0 Å². The molecule has 2 nitrogen and oxygen atoms in total. The van der Waals surface area contributed by atoms with Gasteiger partial charge in [0.25, 0.3) is 0 Å². The Bertz CT molecular complexity index is 234. The predicted molar refractivity (Wildman–Crippen MR) is 48.1 cm³/mol. The second-order valence-corrected chi connectivity index (χ2v) is 2.14. The van der Waals surface area contributed by atoms with Crippen LogP contribution in [0, 0.1) is 0 Å². The molecule has 59 valence electrons. The Morgan fingerprint density at radius 2 is 1.92 bits per heavy atom. The van der Waals surface area contributed by atoms with Gasteiger partial charge in [-0.25, -0.2) is 0 Å². The van der Waals surface area contributed by atoms with Gasteiger partial charge in [0.2, 0.25) is 0 Å². The number of hydrogen-bond donors (Lipinski definition) is 0. The van der Waals surface area contributed by atoms with Gasteiger partial charge >= 0.3 is 5.97 Å². The predicted octanol–water partition coefficient (Wildman–Crippen LogP) is 1.62. The van der Waals surface area contributed by atoms with Gasteiger partial charge < -0.3 is 4.74 Å². The van der Waals surface area contributed by atoms with E-state index in [1.807, 2.05) is 18.2 Å². The van der Waals surface area contributed by atoms with Crippen LogP contribution in [0.15, 0.2) is 30.3 Å². The number of ether oxygens (including phenoxy) is 1. The molecule has 0 fully saturated rings. The molecule has 3 heteroatoms. The molecule has 0 bridgehead atoms. The molecular formula is C9H10CsO2. The third-order valence-electron chi connectivity index (χ3n) is 1.26. The summed E-state index contributed by atoms with van der Waals surface area (Å²) in [6.45, 7) is 1.77. The average Bonchev–Trinajstić information content (AvgIpc) is 2.06. The van der Waals surface area contributed by atoms with Gasteiger partial charge in [0.05, 0.1) is 0 Å². The van der Waals surface area contributed by atoms with Gasteiger partial charge in [0.1, 0.15) is 5.75 Å². The van der Waals surface area contributed by atoms with E-state index >= 15 is 0 Å². The molecule has 12 heavy (non-hydrogen) atoms. The molecule has 0 aliphatic carbocycles. The number of rotatable bonds is 2. The summed E-state index contributed by atoms with van der Waals surface area (Å²) in [6.07, 6.45) is 0.412. The summed E-state index contributed by atoms with van der Waals surface area (Å²) in [7, 11) is 0. The average molecular weight is 283 g/mol. The molecule has 0 amide bonds. The summed E-state index contributed by atoms with van der Waals surface area (Å²) in [6, 6.07) is 9.06. The zero-order valence-electron chi connectivity index (χ0n) is 7.41. The first-order chi connectivity index (χ1) is 5.33. The second-order valence-electron chi connectivity index (χ2n) is 2.14. The van der Waals surface area contributed by atoms with Crippen molar-refractivity contribution in [1.82, 2.24) is 0 Å². The van der Waals surface area contributed by atoms with Gasteiger partial charge in [-0.15, -0.1) is 0 Å². The maximum absolute atomic E-state index is 10.8. The molecule has 0 spiro atoms. The Balaban J connectivity index is 0.00000121. The monoisotopic (exact) mass is 283 g/mol. The minimum atomic E-state index is -0.198. The zero-order chi connectivity index (χ0) is 8.10. The van der Waals surface area contributed by atoms with Gasteiger partial charge in [0, 0.05) is 75.3 Å². The summed E-state index contributed by atoms with van der Waals surface area (Å²) in [4.78, 5) is 10.8. The Hall–Kier alpha value is 0.742. The van der Waals surface area contributed by atoms with Crippen LogP contribution in [0.2, 0.25) is 0 Å². The van der Waals surface area contributed by atoms with Gasteiger partial charge in [-0.05, 0) is 12.1 Å². The van der Waals surface area contributed by atoms with Crippen molar-refractivity contribution < 1.29 is 9.53 Å². The number of carbonyl (C=O) groups excluding carboxylic acids is 1. The van der Waals surface area contributed by atoms with E-state index in [0.29, 0.717) is 12.2 Å². The van der Waals surface area contributed by atoms with E-state index in [9.17, 15) is 4.79 Å². The van der Waals surface area contributed by atoms with Gasteiger partial charge in [0.15, 0.2) is 0 Å². The molecule has 1 rings (SSSR count). The fourth-order valence-electron chi connectivity index (χ4n) is 0.692. The van der Waals surface area contributed by atoms with Crippen molar-refractivity contribution in [2.75, 3.05) is 0 Å². The van der Waals surface area contributed by atoms with Gasteiger partial charge in [-0.2, -0.15) is 0 Å². The van der Waals surface area contributed by atoms with E-state index in [2.05, 4.69) is 0 Å². The molecule has 1 aromatic rings. The maximum Gasteiger partial charge on any atom is 0.310 e. The Morgan fingerprint density at radius 1 is 1.33 bits per heavy atom. The van der Waals surface area contributed by atoms with Crippen LogP contribution in [0.25, 0.3) is 0 Å². The summed E-state index contributed by atoms with van der Waals surface area (Å²) in [5.41, 5.74) is 0. The Kier molecular flexibility index (Phi) is 7.62. The van der Waals surface area contributed by atoms with E-state index in [1.54, 1.807) is 19.1 Å². The maximum atomic E-state index is 10.8. The Labute approximate surface area is 131 Å². The van der Waals surface area contributed by atoms with E-state index in [1.165, 1.54) is 0 Å². The van der Waals surface area contributed by atoms with Crippen molar-refractivity contribution in [1.29, 1.82) is 0 Å². The summed E-state index contributed by atoms with van der Waals surface area (Å²) >= 11 is 0. The van der Waals surface area contributed by atoms with Crippen LogP contribution in [-0.4, -0.2) is 74.9 Å². The largest absolute Gasteiger partial charge is 0.427 e. The van der Waals surface area contributed by atoms with Crippen LogP contribution < -0.4 is 4.74 Å². The smallest absolute Gasteiger partial charge is 0.310 e. The molecule has 0 saturated carbocycles. The molecule has 0 aliphatic rings. The normalized spacial score (nSPS) is 8.42. The van der Waals surface area contributed by atoms with Gasteiger partial charge in [-0.3, -0.25) is 4.79 Å². The topological polar surface area (TPSA) is 26.3 Å². The van der Waals surface area contributed by atoms with Crippen molar-refractivity contribution in [2.24, 2.45) is 0 Å². The Morgan fingerprint density at radius 3 is 2.42 bits per heavy atom. The van der Waals surface area contributed by atoms with Crippen LogP contribution in [0.5, 0.6) is 5.75 Å². The first-order valence-corrected chi connectivity index (χ1v) is 3.58. The zero-order valence-corrected chi connectivity index (χ0v) is 13.7. The van der Waals surface area contributed by atoms with Crippen molar-refractivity contribution in [3.8, 4) is 5.75 Å². The number of para-hydroxylation sites is 1. The molecule has 1 radical (unpaired) electrons. The van der Waals surface area contributed by atoms with E-state index in [0.717, 1.165) is 0 Å². The van der Waals surface area contributed by atoms with Crippen molar-refractivity contribution in [2.45, 2.75) is 13.3 Å². The standard InChI is InChI=1S/C9H10O2.Cs/c1-2-9(10)11-8-6-4-3-5-7-8;/h3-7H,2H2,1H3;. The van der Waals surface area contributed by atoms with Gasteiger partial charge in [-0.1, -0.05) is 25.1 Å². The molecule has 1 aromatic carbocycles. The molecule has 0 aliphatic heterocycles. The number of benzene rings is 1. The van der Waals surface area contributed by atoms with Crippen molar-refractivity contribution >= 4 is 74.9 Å². The quantitative estimate of drug-likeness (QED) is 0.609. The summed E-state index contributed by atoms with van der Waals surface area (Å²) < 4.78 is 4.92.